The average molecular weight is 413 g/mol. The highest BCUT2D eigenvalue weighted by atomic mass is 28.3. The van der Waals surface area contributed by atoms with E-state index in [1.54, 1.807) is 0 Å². The van der Waals surface area contributed by atoms with Gasteiger partial charge in [-0.2, -0.15) is 0 Å². The molecule has 0 spiro atoms. The topological polar surface area (TPSA) is 0 Å². The van der Waals surface area contributed by atoms with Gasteiger partial charge in [0.25, 0.3) is 0 Å². The Balaban J connectivity index is 6.71. The standard InChI is InChI=1S/C22H36Si4/c1-23(2,3)17-13-21(14-18-24(4,5)6)22(15-19-25(7,8)9)16-20-26(10,11)12/h1-12H3. The lowest BCUT2D eigenvalue weighted by Crippen LogP contribution is -2.18. The molecule has 0 atom stereocenters. The van der Waals surface area contributed by atoms with Crippen LogP contribution >= 0.6 is 0 Å². The minimum absolute atomic E-state index is 0.839. The van der Waals surface area contributed by atoms with Gasteiger partial charge in [0.05, 0.1) is 11.1 Å². The predicted octanol–water partition coefficient (Wildman–Crippen LogP) is 5.81. The van der Waals surface area contributed by atoms with Crippen LogP contribution in [0, 0.1) is 45.9 Å². The van der Waals surface area contributed by atoms with E-state index in [0.717, 1.165) is 11.1 Å². The van der Waals surface area contributed by atoms with Crippen molar-refractivity contribution in [2.45, 2.75) is 78.6 Å². The fourth-order valence-corrected chi connectivity index (χ4v) is 3.31. The molecule has 26 heavy (non-hydrogen) atoms. The largest absolute Gasteiger partial charge is 0.129 e. The summed E-state index contributed by atoms with van der Waals surface area (Å²) in [7, 11) is -5.96. The molecule has 0 radical (unpaired) electrons. The van der Waals surface area contributed by atoms with Gasteiger partial charge in [0.2, 0.25) is 0 Å². The fraction of sp³-hybridized carbons (Fsp3) is 0.545. The second-order valence-corrected chi connectivity index (χ2v) is 29.8. The van der Waals surface area contributed by atoms with Gasteiger partial charge < -0.3 is 0 Å². The molecule has 4 heteroatoms. The van der Waals surface area contributed by atoms with Crippen LogP contribution in [0.1, 0.15) is 0 Å². The van der Waals surface area contributed by atoms with Gasteiger partial charge in [-0.3, -0.25) is 0 Å². The molecule has 0 unspecified atom stereocenters. The highest BCUT2D eigenvalue weighted by Gasteiger charge is 2.12. The highest BCUT2D eigenvalue weighted by Crippen LogP contribution is 2.08. The summed E-state index contributed by atoms with van der Waals surface area (Å²) in [6, 6.07) is 0. The Morgan fingerprint density at radius 2 is 0.500 bits per heavy atom. The highest BCUT2D eigenvalue weighted by molar-refractivity contribution is 6.85. The van der Waals surface area contributed by atoms with E-state index in [1.807, 2.05) is 0 Å². The van der Waals surface area contributed by atoms with Gasteiger partial charge in [0.15, 0.2) is 0 Å². The first-order chi connectivity index (χ1) is 11.4. The zero-order chi connectivity index (χ0) is 20.8. The molecule has 0 nitrogen and oxygen atoms in total. The van der Waals surface area contributed by atoms with Crippen molar-refractivity contribution in [1.82, 2.24) is 0 Å². The molecule has 0 saturated carbocycles. The molecule has 0 aromatic heterocycles. The Morgan fingerprint density at radius 1 is 0.346 bits per heavy atom. The van der Waals surface area contributed by atoms with Crippen molar-refractivity contribution in [3.8, 4) is 45.9 Å². The van der Waals surface area contributed by atoms with E-state index >= 15 is 0 Å². The molecule has 0 aromatic rings. The first-order valence-corrected chi connectivity index (χ1v) is 23.2. The molecule has 0 bridgehead atoms. The van der Waals surface area contributed by atoms with Gasteiger partial charge in [-0.15, -0.1) is 22.2 Å². The van der Waals surface area contributed by atoms with Crippen molar-refractivity contribution in [2.75, 3.05) is 0 Å². The number of hydrogen-bond donors (Lipinski definition) is 0. The first kappa shape index (κ1) is 24.8. The number of allylic oxidation sites excluding steroid dienone is 2. The Morgan fingerprint density at radius 3 is 0.615 bits per heavy atom. The van der Waals surface area contributed by atoms with Crippen molar-refractivity contribution < 1.29 is 0 Å². The van der Waals surface area contributed by atoms with E-state index in [2.05, 4.69) is 124 Å². The molecule has 0 fully saturated rings. The monoisotopic (exact) mass is 412 g/mol. The zero-order valence-electron chi connectivity index (χ0n) is 19.0. The third-order valence-electron chi connectivity index (χ3n) is 2.50. The Kier molecular flexibility index (Phi) is 8.76. The maximum atomic E-state index is 3.46. The van der Waals surface area contributed by atoms with E-state index in [0.29, 0.717) is 0 Å². The summed E-state index contributed by atoms with van der Waals surface area (Å²) in [5, 5.41) is 0. The van der Waals surface area contributed by atoms with Crippen LogP contribution in [-0.2, 0) is 0 Å². The van der Waals surface area contributed by atoms with E-state index in [-0.39, 0.29) is 0 Å². The maximum absolute atomic E-state index is 3.46. The molecular weight excluding hydrogens is 377 g/mol. The summed E-state index contributed by atoms with van der Waals surface area (Å²) in [4.78, 5) is 0. The van der Waals surface area contributed by atoms with Crippen LogP contribution < -0.4 is 0 Å². The molecule has 0 heterocycles. The number of rotatable bonds is 0. The molecule has 0 aliphatic rings. The van der Waals surface area contributed by atoms with Gasteiger partial charge >= 0.3 is 0 Å². The van der Waals surface area contributed by atoms with Gasteiger partial charge in [-0.25, -0.2) is 0 Å². The van der Waals surface area contributed by atoms with Crippen molar-refractivity contribution >= 4 is 32.3 Å². The second kappa shape index (κ2) is 9.17. The quantitative estimate of drug-likeness (QED) is 0.348. The van der Waals surface area contributed by atoms with E-state index in [1.165, 1.54) is 0 Å². The summed E-state index contributed by atoms with van der Waals surface area (Å²) in [6.07, 6.45) is 0. The van der Waals surface area contributed by atoms with Crippen LogP contribution in [0.25, 0.3) is 0 Å². The van der Waals surface area contributed by atoms with Crippen molar-refractivity contribution in [1.29, 1.82) is 0 Å². The van der Waals surface area contributed by atoms with Crippen LogP contribution in [0.5, 0.6) is 0 Å². The van der Waals surface area contributed by atoms with Crippen molar-refractivity contribution in [3.63, 3.8) is 0 Å². The van der Waals surface area contributed by atoms with Gasteiger partial charge in [-0.1, -0.05) is 102 Å². The van der Waals surface area contributed by atoms with Gasteiger partial charge in [-0.05, 0) is 0 Å². The zero-order valence-corrected chi connectivity index (χ0v) is 23.0. The summed E-state index contributed by atoms with van der Waals surface area (Å²) < 4.78 is 0. The minimum atomic E-state index is -1.49. The third-order valence-corrected chi connectivity index (χ3v) is 6.00. The molecule has 0 aliphatic carbocycles. The van der Waals surface area contributed by atoms with Crippen molar-refractivity contribution in [3.05, 3.63) is 11.1 Å². The Labute approximate surface area is 167 Å². The van der Waals surface area contributed by atoms with Crippen LogP contribution in [0.2, 0.25) is 78.6 Å². The Bertz CT molecular complexity index is 648. The first-order valence-electron chi connectivity index (χ1n) is 9.25. The lowest BCUT2D eigenvalue weighted by atomic mass is 10.1. The SMILES string of the molecule is C[Si](C)(C)C#CC(C#C[Si](C)(C)C)=C(C#C[Si](C)(C)C)C#C[Si](C)(C)C. The predicted molar refractivity (Wildman–Crippen MR) is 132 cm³/mol. The molecular formula is C22H36Si4. The molecule has 0 saturated heterocycles. The van der Waals surface area contributed by atoms with Gasteiger partial charge in [0.1, 0.15) is 32.3 Å². The van der Waals surface area contributed by atoms with E-state index in [4.69, 9.17) is 0 Å². The summed E-state index contributed by atoms with van der Waals surface area (Å²) >= 11 is 0. The third kappa shape index (κ3) is 15.1. The number of hydrogen-bond acceptors (Lipinski definition) is 0. The van der Waals surface area contributed by atoms with Crippen LogP contribution in [0.4, 0.5) is 0 Å². The Hall–Kier alpha value is -1.15. The van der Waals surface area contributed by atoms with Crippen LogP contribution in [0.15, 0.2) is 11.1 Å². The fourth-order valence-electron chi connectivity index (χ4n) is 1.31. The normalized spacial score (nSPS) is 11.4. The second-order valence-electron chi connectivity index (χ2n) is 10.8. The summed E-state index contributed by atoms with van der Waals surface area (Å²) in [6.45, 7) is 27.1. The lowest BCUT2D eigenvalue weighted by molar-refractivity contribution is 1.73. The lowest BCUT2D eigenvalue weighted by Gasteiger charge is -2.07. The van der Waals surface area contributed by atoms with Crippen molar-refractivity contribution in [2.24, 2.45) is 0 Å². The molecule has 0 amide bonds. The molecule has 0 aromatic carbocycles. The van der Waals surface area contributed by atoms with E-state index < -0.39 is 32.3 Å². The summed E-state index contributed by atoms with van der Waals surface area (Å²) in [5.41, 5.74) is 15.5. The minimum Gasteiger partial charge on any atom is -0.126 e. The van der Waals surface area contributed by atoms with Crippen LogP contribution in [-0.4, -0.2) is 32.3 Å². The summed E-state index contributed by atoms with van der Waals surface area (Å²) in [5.74, 6) is 13.5. The van der Waals surface area contributed by atoms with Gasteiger partial charge in [0, 0.05) is 0 Å². The molecule has 0 aliphatic heterocycles. The van der Waals surface area contributed by atoms with E-state index in [9.17, 15) is 0 Å². The molecule has 140 valence electrons. The molecule has 0 rings (SSSR count). The average Bonchev–Trinajstić information content (AvgIpc) is 2.35. The van der Waals surface area contributed by atoms with Crippen LogP contribution in [0.3, 0.4) is 0 Å². The smallest absolute Gasteiger partial charge is 0.126 e. The maximum Gasteiger partial charge on any atom is 0.129 e. The molecule has 0 N–H and O–H groups in total.